The van der Waals surface area contributed by atoms with Crippen LogP contribution < -0.4 is 4.74 Å². The predicted molar refractivity (Wildman–Crippen MR) is 106 cm³/mol. The maximum atomic E-state index is 12.1. The number of ether oxygens (including phenoxy) is 1. The molecule has 0 fully saturated rings. The van der Waals surface area contributed by atoms with Crippen LogP contribution >= 0.6 is 11.6 Å². The standard InChI is InChI=1S/C22H14ClNO3/c23-15-12-10-14(11-13-15)20-21(27-16-6-2-1-3-7-16)19(22(25)26)17-8-4-5-9-18(17)24-20/h1-13H,(H,25,26). The molecule has 3 aromatic carbocycles. The highest BCUT2D eigenvalue weighted by Crippen LogP contribution is 2.39. The van der Waals surface area contributed by atoms with Crippen molar-refractivity contribution in [2.45, 2.75) is 0 Å². The van der Waals surface area contributed by atoms with Crippen LogP contribution in [0.4, 0.5) is 0 Å². The summed E-state index contributed by atoms with van der Waals surface area (Å²) >= 11 is 6.00. The van der Waals surface area contributed by atoms with E-state index in [0.717, 1.165) is 5.56 Å². The Kier molecular flexibility index (Phi) is 4.48. The first kappa shape index (κ1) is 17.1. The van der Waals surface area contributed by atoms with Crippen LogP contribution in [-0.2, 0) is 0 Å². The third-order valence-corrected chi connectivity index (χ3v) is 4.39. The number of hydrogen-bond acceptors (Lipinski definition) is 3. The number of carboxylic acid groups (broad SMARTS) is 1. The Morgan fingerprint density at radius 2 is 1.56 bits per heavy atom. The number of aromatic carboxylic acids is 1. The van der Waals surface area contributed by atoms with Gasteiger partial charge in [-0.25, -0.2) is 9.78 Å². The van der Waals surface area contributed by atoms with Crippen molar-refractivity contribution in [2.75, 3.05) is 0 Å². The number of halogens is 1. The smallest absolute Gasteiger partial charge is 0.340 e. The van der Waals surface area contributed by atoms with Crippen LogP contribution in [0, 0.1) is 0 Å². The summed E-state index contributed by atoms with van der Waals surface area (Å²) in [4.78, 5) is 16.8. The molecule has 0 atom stereocenters. The molecule has 132 valence electrons. The minimum atomic E-state index is -1.07. The molecule has 5 heteroatoms. The van der Waals surface area contributed by atoms with Crippen molar-refractivity contribution in [3.63, 3.8) is 0 Å². The molecule has 4 nitrogen and oxygen atoms in total. The predicted octanol–water partition coefficient (Wildman–Crippen LogP) is 6.05. The highest BCUT2D eigenvalue weighted by molar-refractivity contribution is 6.30. The van der Waals surface area contributed by atoms with Crippen LogP contribution in [-0.4, -0.2) is 16.1 Å². The molecule has 0 amide bonds. The number of fused-ring (bicyclic) bond motifs is 1. The van der Waals surface area contributed by atoms with Crippen molar-refractivity contribution in [1.82, 2.24) is 4.98 Å². The number of nitrogens with zero attached hydrogens (tertiary/aromatic N) is 1. The molecule has 0 radical (unpaired) electrons. The summed E-state index contributed by atoms with van der Waals surface area (Å²) in [5.74, 6) is -0.336. The van der Waals surface area contributed by atoms with Gasteiger partial charge in [0.05, 0.1) is 5.52 Å². The normalized spacial score (nSPS) is 10.7. The fourth-order valence-corrected chi connectivity index (χ4v) is 3.04. The number of hydrogen-bond donors (Lipinski definition) is 1. The van der Waals surface area contributed by atoms with Gasteiger partial charge in [-0.1, -0.05) is 60.1 Å². The number of para-hydroxylation sites is 2. The number of rotatable bonds is 4. The zero-order valence-electron chi connectivity index (χ0n) is 14.1. The third kappa shape index (κ3) is 3.35. The Balaban J connectivity index is 2.03. The first-order chi connectivity index (χ1) is 13.1. The van der Waals surface area contributed by atoms with Crippen LogP contribution in [0.2, 0.25) is 5.02 Å². The Hall–Kier alpha value is -3.37. The van der Waals surface area contributed by atoms with E-state index in [4.69, 9.17) is 16.3 Å². The second-order valence-corrected chi connectivity index (χ2v) is 6.35. The molecule has 27 heavy (non-hydrogen) atoms. The van der Waals surface area contributed by atoms with Gasteiger partial charge in [0.15, 0.2) is 5.75 Å². The van der Waals surface area contributed by atoms with Gasteiger partial charge in [0.1, 0.15) is 17.0 Å². The molecule has 0 unspecified atom stereocenters. The quantitative estimate of drug-likeness (QED) is 0.472. The minimum Gasteiger partial charge on any atom is -0.478 e. The van der Waals surface area contributed by atoms with Crippen molar-refractivity contribution in [3.8, 4) is 22.8 Å². The summed E-state index contributed by atoms with van der Waals surface area (Å²) in [6.07, 6.45) is 0. The molecule has 4 rings (SSSR count). The zero-order valence-corrected chi connectivity index (χ0v) is 14.9. The SMILES string of the molecule is O=C(O)c1c(Oc2ccccc2)c(-c2ccc(Cl)cc2)nc2ccccc12. The zero-order chi connectivity index (χ0) is 18.8. The third-order valence-electron chi connectivity index (χ3n) is 4.14. The van der Waals surface area contributed by atoms with Gasteiger partial charge in [-0.05, 0) is 30.3 Å². The molecule has 1 aromatic heterocycles. The molecule has 0 saturated heterocycles. The summed E-state index contributed by atoms with van der Waals surface area (Å²) in [6, 6.07) is 23.2. The Labute approximate surface area is 160 Å². The van der Waals surface area contributed by atoms with Crippen molar-refractivity contribution in [2.24, 2.45) is 0 Å². The highest BCUT2D eigenvalue weighted by atomic mass is 35.5. The van der Waals surface area contributed by atoms with E-state index in [-0.39, 0.29) is 11.3 Å². The van der Waals surface area contributed by atoms with E-state index in [9.17, 15) is 9.90 Å². The monoisotopic (exact) mass is 375 g/mol. The maximum absolute atomic E-state index is 12.1. The summed E-state index contributed by atoms with van der Waals surface area (Å²) in [5, 5.41) is 11.0. The van der Waals surface area contributed by atoms with Crippen molar-refractivity contribution >= 4 is 28.5 Å². The average molecular weight is 376 g/mol. The molecule has 0 spiro atoms. The fraction of sp³-hybridized carbons (Fsp3) is 0. The van der Waals surface area contributed by atoms with Gasteiger partial charge in [0.2, 0.25) is 0 Å². The van der Waals surface area contributed by atoms with Crippen LogP contribution in [0.15, 0.2) is 78.9 Å². The molecule has 0 aliphatic heterocycles. The first-order valence-corrected chi connectivity index (χ1v) is 8.66. The summed E-state index contributed by atoms with van der Waals surface area (Å²) in [5.41, 5.74) is 1.83. The van der Waals surface area contributed by atoms with Gasteiger partial charge >= 0.3 is 5.97 Å². The summed E-state index contributed by atoms with van der Waals surface area (Å²) in [7, 11) is 0. The van der Waals surface area contributed by atoms with E-state index in [1.54, 1.807) is 54.6 Å². The number of carbonyl (C=O) groups is 1. The Morgan fingerprint density at radius 3 is 2.26 bits per heavy atom. The molecule has 0 aliphatic rings. The Morgan fingerprint density at radius 1 is 0.889 bits per heavy atom. The van der Waals surface area contributed by atoms with E-state index in [2.05, 4.69) is 4.98 Å². The highest BCUT2D eigenvalue weighted by Gasteiger charge is 2.23. The number of aromatic nitrogens is 1. The van der Waals surface area contributed by atoms with Crippen molar-refractivity contribution < 1.29 is 14.6 Å². The molecular formula is C22H14ClNO3. The van der Waals surface area contributed by atoms with E-state index in [1.165, 1.54) is 0 Å². The van der Waals surface area contributed by atoms with Crippen LogP contribution in [0.5, 0.6) is 11.5 Å². The lowest BCUT2D eigenvalue weighted by atomic mass is 10.0. The van der Waals surface area contributed by atoms with Crippen LogP contribution in [0.25, 0.3) is 22.2 Å². The second kappa shape index (κ2) is 7.09. The minimum absolute atomic E-state index is 0.0782. The fourth-order valence-electron chi connectivity index (χ4n) is 2.92. The average Bonchev–Trinajstić information content (AvgIpc) is 2.68. The van der Waals surface area contributed by atoms with Crippen molar-refractivity contribution in [3.05, 3.63) is 89.4 Å². The van der Waals surface area contributed by atoms with E-state index < -0.39 is 5.97 Å². The van der Waals surface area contributed by atoms with Gasteiger partial charge in [-0.15, -0.1) is 0 Å². The maximum Gasteiger partial charge on any atom is 0.340 e. The molecular weight excluding hydrogens is 362 g/mol. The summed E-state index contributed by atoms with van der Waals surface area (Å²) in [6.45, 7) is 0. The largest absolute Gasteiger partial charge is 0.478 e. The second-order valence-electron chi connectivity index (χ2n) is 5.91. The molecule has 1 heterocycles. The van der Waals surface area contributed by atoms with E-state index in [1.807, 2.05) is 24.3 Å². The molecule has 0 bridgehead atoms. The Bertz CT molecular complexity index is 1130. The van der Waals surface area contributed by atoms with Gasteiger partial charge < -0.3 is 9.84 Å². The lowest BCUT2D eigenvalue weighted by Gasteiger charge is -2.16. The van der Waals surface area contributed by atoms with Crippen molar-refractivity contribution in [1.29, 1.82) is 0 Å². The van der Waals surface area contributed by atoms with Crippen LogP contribution in [0.1, 0.15) is 10.4 Å². The topological polar surface area (TPSA) is 59.4 Å². The summed E-state index contributed by atoms with van der Waals surface area (Å²) < 4.78 is 6.02. The molecule has 1 N–H and O–H groups in total. The molecule has 0 saturated carbocycles. The first-order valence-electron chi connectivity index (χ1n) is 8.28. The van der Waals surface area contributed by atoms with Gasteiger partial charge in [-0.2, -0.15) is 0 Å². The number of carboxylic acids is 1. The van der Waals surface area contributed by atoms with Gasteiger partial charge in [0.25, 0.3) is 0 Å². The van der Waals surface area contributed by atoms with E-state index in [0.29, 0.717) is 27.4 Å². The van der Waals surface area contributed by atoms with E-state index >= 15 is 0 Å². The van der Waals surface area contributed by atoms with Gasteiger partial charge in [-0.3, -0.25) is 0 Å². The lowest BCUT2D eigenvalue weighted by molar-refractivity contribution is 0.0696. The number of benzene rings is 3. The molecule has 4 aromatic rings. The van der Waals surface area contributed by atoms with Crippen LogP contribution in [0.3, 0.4) is 0 Å². The lowest BCUT2D eigenvalue weighted by Crippen LogP contribution is -2.05. The number of pyridine rings is 1. The van der Waals surface area contributed by atoms with Gasteiger partial charge in [0, 0.05) is 16.0 Å². The molecule has 0 aliphatic carbocycles.